The molecule has 0 saturated heterocycles. The molecule has 0 aliphatic heterocycles. The van der Waals surface area contributed by atoms with E-state index in [2.05, 4.69) is 12.6 Å². The standard InChI is InChI=1S/C11H10OS/c1-7-6-8-4-2-3-5-9(8)10(12)11(7)13/h2-6,12-13H,1H3. The summed E-state index contributed by atoms with van der Waals surface area (Å²) in [6.07, 6.45) is 0. The SMILES string of the molecule is Cc1cc2ccccc2c(O)c1S. The molecule has 0 aliphatic rings. The highest BCUT2D eigenvalue weighted by molar-refractivity contribution is 7.80. The molecule has 66 valence electrons. The summed E-state index contributed by atoms with van der Waals surface area (Å²) in [5.74, 6) is 0.277. The molecule has 2 rings (SSSR count). The van der Waals surface area contributed by atoms with Gasteiger partial charge < -0.3 is 5.11 Å². The Labute approximate surface area is 82.4 Å². The first kappa shape index (κ1) is 8.45. The quantitative estimate of drug-likeness (QED) is 0.611. The fourth-order valence-electron chi connectivity index (χ4n) is 1.45. The lowest BCUT2D eigenvalue weighted by molar-refractivity contribution is 0.468. The number of thiol groups is 1. The first-order chi connectivity index (χ1) is 6.20. The lowest BCUT2D eigenvalue weighted by Gasteiger charge is -2.06. The van der Waals surface area contributed by atoms with E-state index < -0.39 is 0 Å². The van der Waals surface area contributed by atoms with Crippen LogP contribution in [-0.2, 0) is 0 Å². The van der Waals surface area contributed by atoms with Crippen molar-refractivity contribution in [2.75, 3.05) is 0 Å². The van der Waals surface area contributed by atoms with Crippen molar-refractivity contribution in [1.82, 2.24) is 0 Å². The van der Waals surface area contributed by atoms with Crippen molar-refractivity contribution in [3.63, 3.8) is 0 Å². The summed E-state index contributed by atoms with van der Waals surface area (Å²) < 4.78 is 0. The van der Waals surface area contributed by atoms with Crippen LogP contribution in [0.2, 0.25) is 0 Å². The molecule has 0 fully saturated rings. The average molecular weight is 190 g/mol. The number of aryl methyl sites for hydroxylation is 1. The molecule has 0 spiro atoms. The summed E-state index contributed by atoms with van der Waals surface area (Å²) >= 11 is 4.24. The van der Waals surface area contributed by atoms with Gasteiger partial charge in [0.05, 0.1) is 0 Å². The maximum atomic E-state index is 9.76. The van der Waals surface area contributed by atoms with Crippen molar-refractivity contribution in [2.24, 2.45) is 0 Å². The fraction of sp³-hybridized carbons (Fsp3) is 0.0909. The number of rotatable bonds is 0. The topological polar surface area (TPSA) is 20.2 Å². The summed E-state index contributed by atoms with van der Waals surface area (Å²) in [6.45, 7) is 1.94. The molecule has 0 amide bonds. The van der Waals surface area contributed by atoms with Crippen molar-refractivity contribution >= 4 is 23.4 Å². The molecule has 0 aromatic heterocycles. The van der Waals surface area contributed by atoms with Gasteiger partial charge in [0.1, 0.15) is 5.75 Å². The number of benzene rings is 2. The van der Waals surface area contributed by atoms with Gasteiger partial charge in [-0.2, -0.15) is 0 Å². The van der Waals surface area contributed by atoms with Gasteiger partial charge in [0.2, 0.25) is 0 Å². The van der Waals surface area contributed by atoms with Crippen LogP contribution in [0.25, 0.3) is 10.8 Å². The van der Waals surface area contributed by atoms with Crippen LogP contribution in [-0.4, -0.2) is 5.11 Å². The molecule has 2 aromatic rings. The lowest BCUT2D eigenvalue weighted by atomic mass is 10.1. The van der Waals surface area contributed by atoms with E-state index in [0.717, 1.165) is 16.3 Å². The minimum atomic E-state index is 0.277. The smallest absolute Gasteiger partial charge is 0.136 e. The molecule has 1 N–H and O–H groups in total. The van der Waals surface area contributed by atoms with Gasteiger partial charge in [-0.3, -0.25) is 0 Å². The van der Waals surface area contributed by atoms with E-state index in [-0.39, 0.29) is 5.75 Å². The van der Waals surface area contributed by atoms with Crippen LogP contribution in [0.5, 0.6) is 5.75 Å². The van der Waals surface area contributed by atoms with Gasteiger partial charge in [0.15, 0.2) is 0 Å². The maximum Gasteiger partial charge on any atom is 0.136 e. The molecule has 0 unspecified atom stereocenters. The molecule has 0 saturated carbocycles. The Balaban J connectivity index is 2.94. The van der Waals surface area contributed by atoms with Gasteiger partial charge in [0, 0.05) is 10.3 Å². The molecule has 0 radical (unpaired) electrons. The number of aromatic hydroxyl groups is 1. The van der Waals surface area contributed by atoms with Crippen molar-refractivity contribution in [2.45, 2.75) is 11.8 Å². The Morgan fingerprint density at radius 1 is 1.23 bits per heavy atom. The summed E-state index contributed by atoms with van der Waals surface area (Å²) in [6, 6.07) is 9.76. The summed E-state index contributed by atoms with van der Waals surface area (Å²) in [4.78, 5) is 0.665. The molecule has 0 atom stereocenters. The van der Waals surface area contributed by atoms with Gasteiger partial charge in [-0.15, -0.1) is 12.6 Å². The zero-order chi connectivity index (χ0) is 9.42. The largest absolute Gasteiger partial charge is 0.506 e. The zero-order valence-corrected chi connectivity index (χ0v) is 8.18. The summed E-state index contributed by atoms with van der Waals surface area (Å²) in [7, 11) is 0. The zero-order valence-electron chi connectivity index (χ0n) is 7.28. The van der Waals surface area contributed by atoms with Crippen molar-refractivity contribution < 1.29 is 5.11 Å². The highest BCUT2D eigenvalue weighted by Gasteiger charge is 2.05. The number of fused-ring (bicyclic) bond motifs is 1. The van der Waals surface area contributed by atoms with Gasteiger partial charge in [0.25, 0.3) is 0 Å². The second-order valence-corrected chi connectivity index (χ2v) is 3.56. The van der Waals surface area contributed by atoms with Crippen LogP contribution in [0.15, 0.2) is 35.2 Å². The Bertz CT molecular complexity index is 463. The Morgan fingerprint density at radius 2 is 1.92 bits per heavy atom. The first-order valence-electron chi connectivity index (χ1n) is 4.10. The number of phenols is 1. The second-order valence-electron chi connectivity index (χ2n) is 3.11. The van der Waals surface area contributed by atoms with E-state index in [9.17, 15) is 5.11 Å². The average Bonchev–Trinajstić information content (AvgIpc) is 2.15. The van der Waals surface area contributed by atoms with Crippen LogP contribution >= 0.6 is 12.6 Å². The lowest BCUT2D eigenvalue weighted by Crippen LogP contribution is -1.80. The molecule has 2 aromatic carbocycles. The first-order valence-corrected chi connectivity index (χ1v) is 4.55. The van der Waals surface area contributed by atoms with Gasteiger partial charge in [-0.05, 0) is 17.9 Å². The molecule has 1 nitrogen and oxygen atoms in total. The van der Waals surface area contributed by atoms with Gasteiger partial charge >= 0.3 is 0 Å². The van der Waals surface area contributed by atoms with Crippen LogP contribution in [0, 0.1) is 6.92 Å². The third-order valence-corrected chi connectivity index (χ3v) is 2.75. The molecule has 0 heterocycles. The van der Waals surface area contributed by atoms with E-state index in [1.165, 1.54) is 0 Å². The summed E-state index contributed by atoms with van der Waals surface area (Å²) in [5, 5.41) is 11.7. The Morgan fingerprint density at radius 3 is 2.69 bits per heavy atom. The van der Waals surface area contributed by atoms with E-state index >= 15 is 0 Å². The van der Waals surface area contributed by atoms with E-state index in [1.54, 1.807) is 0 Å². The van der Waals surface area contributed by atoms with Crippen molar-refractivity contribution in [1.29, 1.82) is 0 Å². The normalized spacial score (nSPS) is 10.6. The molecule has 0 aliphatic carbocycles. The fourth-order valence-corrected chi connectivity index (χ4v) is 1.64. The third-order valence-electron chi connectivity index (χ3n) is 2.19. The molecular weight excluding hydrogens is 180 g/mol. The number of phenolic OH excluding ortho intramolecular Hbond substituents is 1. The van der Waals surface area contributed by atoms with Gasteiger partial charge in [-0.1, -0.05) is 30.3 Å². The second kappa shape index (κ2) is 2.96. The van der Waals surface area contributed by atoms with Crippen molar-refractivity contribution in [3.05, 3.63) is 35.9 Å². The minimum Gasteiger partial charge on any atom is -0.506 e. The summed E-state index contributed by atoms with van der Waals surface area (Å²) in [5.41, 5.74) is 1.000. The van der Waals surface area contributed by atoms with Crippen LogP contribution < -0.4 is 0 Å². The maximum absolute atomic E-state index is 9.76. The van der Waals surface area contributed by atoms with Crippen LogP contribution in [0.3, 0.4) is 0 Å². The Hall–Kier alpha value is -1.15. The Kier molecular flexibility index (Phi) is 1.93. The monoisotopic (exact) mass is 190 g/mol. The molecule has 13 heavy (non-hydrogen) atoms. The van der Waals surface area contributed by atoms with Crippen LogP contribution in [0.1, 0.15) is 5.56 Å². The predicted molar refractivity (Wildman–Crippen MR) is 57.6 cm³/mol. The van der Waals surface area contributed by atoms with Gasteiger partial charge in [-0.25, -0.2) is 0 Å². The van der Waals surface area contributed by atoms with Crippen molar-refractivity contribution in [3.8, 4) is 5.75 Å². The molecular formula is C11H10OS. The highest BCUT2D eigenvalue weighted by Crippen LogP contribution is 2.33. The molecule has 0 bridgehead atoms. The number of hydrogen-bond donors (Lipinski definition) is 2. The predicted octanol–water partition coefficient (Wildman–Crippen LogP) is 3.14. The van der Waals surface area contributed by atoms with Crippen LogP contribution in [0.4, 0.5) is 0 Å². The van der Waals surface area contributed by atoms with E-state index in [1.807, 2.05) is 37.3 Å². The third kappa shape index (κ3) is 1.27. The van der Waals surface area contributed by atoms with E-state index in [4.69, 9.17) is 0 Å². The number of hydrogen-bond acceptors (Lipinski definition) is 2. The van der Waals surface area contributed by atoms with E-state index in [0.29, 0.717) is 4.90 Å². The highest BCUT2D eigenvalue weighted by atomic mass is 32.1. The molecule has 2 heteroatoms. The minimum absolute atomic E-state index is 0.277.